The molecule has 0 radical (unpaired) electrons. The van der Waals surface area contributed by atoms with Gasteiger partial charge >= 0.3 is 5.97 Å². The van der Waals surface area contributed by atoms with Gasteiger partial charge < -0.3 is 9.52 Å². The van der Waals surface area contributed by atoms with Gasteiger partial charge in [-0.2, -0.15) is 5.10 Å². The van der Waals surface area contributed by atoms with E-state index in [4.69, 9.17) is 9.52 Å². The topological polar surface area (TPSA) is 68.3 Å². The number of aryl methyl sites for hydroxylation is 1. The molecule has 2 heterocycles. The lowest BCUT2D eigenvalue weighted by Crippen LogP contribution is -1.95. The molecule has 1 aromatic carbocycles. The van der Waals surface area contributed by atoms with Crippen LogP contribution in [0, 0.1) is 0 Å². The first-order valence-corrected chi connectivity index (χ1v) is 5.41. The fourth-order valence-electron chi connectivity index (χ4n) is 1.93. The van der Waals surface area contributed by atoms with E-state index in [1.165, 1.54) is 10.9 Å². The summed E-state index contributed by atoms with van der Waals surface area (Å²) in [5.41, 5.74) is 1.20. The van der Waals surface area contributed by atoms with Crippen molar-refractivity contribution in [2.24, 2.45) is 7.05 Å². The number of benzene rings is 1. The molecule has 0 atom stereocenters. The quantitative estimate of drug-likeness (QED) is 0.749. The average molecular weight is 242 g/mol. The van der Waals surface area contributed by atoms with E-state index in [1.807, 2.05) is 24.3 Å². The van der Waals surface area contributed by atoms with Gasteiger partial charge in [0, 0.05) is 18.6 Å². The van der Waals surface area contributed by atoms with Crippen LogP contribution in [0.15, 0.2) is 40.9 Å². The Morgan fingerprint density at radius 1 is 1.39 bits per heavy atom. The number of aromatic nitrogens is 2. The van der Waals surface area contributed by atoms with Gasteiger partial charge in [0.2, 0.25) is 0 Å². The summed E-state index contributed by atoms with van der Waals surface area (Å²) < 4.78 is 7.08. The zero-order valence-corrected chi connectivity index (χ0v) is 9.62. The summed E-state index contributed by atoms with van der Waals surface area (Å²) in [6, 6.07) is 9.31. The summed E-state index contributed by atoms with van der Waals surface area (Å²) in [4.78, 5) is 11.1. The first kappa shape index (κ1) is 10.6. The number of hydrogen-bond acceptors (Lipinski definition) is 3. The maximum absolute atomic E-state index is 11.1. The van der Waals surface area contributed by atoms with Gasteiger partial charge in [-0.15, -0.1) is 0 Å². The highest BCUT2D eigenvalue weighted by Crippen LogP contribution is 2.28. The van der Waals surface area contributed by atoms with Crippen molar-refractivity contribution >= 4 is 16.9 Å². The Balaban J connectivity index is 2.22. The van der Waals surface area contributed by atoms with E-state index >= 15 is 0 Å². The van der Waals surface area contributed by atoms with E-state index in [-0.39, 0.29) is 5.56 Å². The third-order valence-corrected chi connectivity index (χ3v) is 2.72. The summed E-state index contributed by atoms with van der Waals surface area (Å²) in [6.07, 6.45) is 1.46. The Bertz CT molecular complexity index is 707. The zero-order valence-electron chi connectivity index (χ0n) is 9.62. The molecule has 0 saturated heterocycles. The number of carboxylic acid groups (broad SMARTS) is 1. The summed E-state index contributed by atoms with van der Waals surface area (Å²) in [6.45, 7) is 0. The number of furan rings is 1. The van der Waals surface area contributed by atoms with Crippen LogP contribution in [-0.2, 0) is 7.05 Å². The number of aromatic carboxylic acids is 1. The Morgan fingerprint density at radius 3 is 2.89 bits per heavy atom. The van der Waals surface area contributed by atoms with E-state index in [0.29, 0.717) is 11.5 Å². The van der Waals surface area contributed by atoms with Crippen LogP contribution in [0.1, 0.15) is 10.4 Å². The van der Waals surface area contributed by atoms with Crippen LogP contribution in [0.3, 0.4) is 0 Å². The first-order valence-electron chi connectivity index (χ1n) is 5.41. The van der Waals surface area contributed by atoms with Crippen LogP contribution in [0.5, 0.6) is 0 Å². The van der Waals surface area contributed by atoms with E-state index in [2.05, 4.69) is 5.10 Å². The first-order chi connectivity index (χ1) is 8.65. The predicted octanol–water partition coefficient (Wildman–Crippen LogP) is 2.53. The largest absolute Gasteiger partial charge is 0.478 e. The minimum Gasteiger partial charge on any atom is -0.478 e. The van der Waals surface area contributed by atoms with Crippen molar-refractivity contribution in [1.82, 2.24) is 9.78 Å². The second kappa shape index (κ2) is 3.73. The summed E-state index contributed by atoms with van der Waals surface area (Å²) in [5.74, 6) is -0.548. The Hall–Kier alpha value is -2.56. The van der Waals surface area contributed by atoms with Crippen molar-refractivity contribution in [3.8, 4) is 11.5 Å². The smallest absolute Gasteiger partial charge is 0.339 e. The van der Waals surface area contributed by atoms with Gasteiger partial charge in [-0.1, -0.05) is 18.2 Å². The maximum atomic E-state index is 11.1. The second-order valence-corrected chi connectivity index (χ2v) is 4.02. The second-order valence-electron chi connectivity index (χ2n) is 4.02. The van der Waals surface area contributed by atoms with Gasteiger partial charge in [-0.05, 0) is 12.1 Å². The molecule has 0 bridgehead atoms. The van der Waals surface area contributed by atoms with E-state index in [9.17, 15) is 4.79 Å². The molecule has 0 aliphatic carbocycles. The number of nitrogens with zero attached hydrogens (tertiary/aromatic N) is 2. The van der Waals surface area contributed by atoms with Gasteiger partial charge in [0.15, 0.2) is 5.76 Å². The molecule has 0 unspecified atom stereocenters. The molecule has 0 fully saturated rings. The lowest BCUT2D eigenvalue weighted by Gasteiger charge is -1.92. The highest BCUT2D eigenvalue weighted by Gasteiger charge is 2.19. The number of fused-ring (bicyclic) bond motifs is 1. The summed E-state index contributed by atoms with van der Waals surface area (Å²) >= 11 is 0. The molecule has 90 valence electrons. The molecule has 18 heavy (non-hydrogen) atoms. The van der Waals surface area contributed by atoms with Crippen LogP contribution < -0.4 is 0 Å². The number of para-hydroxylation sites is 1. The minimum absolute atomic E-state index is 0.136. The molecule has 0 amide bonds. The van der Waals surface area contributed by atoms with Crippen molar-refractivity contribution in [3.63, 3.8) is 0 Å². The van der Waals surface area contributed by atoms with Crippen LogP contribution in [0.2, 0.25) is 0 Å². The van der Waals surface area contributed by atoms with E-state index in [1.54, 1.807) is 13.1 Å². The molecule has 5 heteroatoms. The highest BCUT2D eigenvalue weighted by molar-refractivity contribution is 5.95. The molecule has 1 N–H and O–H groups in total. The molecule has 0 aliphatic heterocycles. The predicted molar refractivity (Wildman–Crippen MR) is 65.4 cm³/mol. The van der Waals surface area contributed by atoms with Crippen molar-refractivity contribution in [3.05, 3.63) is 42.1 Å². The molecule has 5 nitrogen and oxygen atoms in total. The van der Waals surface area contributed by atoms with Gasteiger partial charge in [-0.3, -0.25) is 4.68 Å². The fourth-order valence-corrected chi connectivity index (χ4v) is 1.93. The lowest BCUT2D eigenvalue weighted by molar-refractivity contribution is 0.0697. The Kier molecular flexibility index (Phi) is 2.19. The van der Waals surface area contributed by atoms with Crippen molar-refractivity contribution in [2.75, 3.05) is 0 Å². The van der Waals surface area contributed by atoms with Gasteiger partial charge in [-0.25, -0.2) is 4.79 Å². The van der Waals surface area contributed by atoms with Gasteiger partial charge in [0.05, 0.1) is 0 Å². The van der Waals surface area contributed by atoms with Gasteiger partial charge in [0.1, 0.15) is 16.8 Å². The van der Waals surface area contributed by atoms with Crippen LogP contribution in [-0.4, -0.2) is 20.9 Å². The maximum Gasteiger partial charge on any atom is 0.339 e. The monoisotopic (exact) mass is 242 g/mol. The standard InChI is InChI=1S/C13H10N2O3/c1-15-7-9(13(16)17)12(14-15)11-6-8-4-2-3-5-10(8)18-11/h2-7H,1H3,(H,16,17). The molecule has 0 saturated carbocycles. The molecule has 2 aromatic heterocycles. The molecular weight excluding hydrogens is 232 g/mol. The third kappa shape index (κ3) is 1.57. The normalized spacial score (nSPS) is 10.9. The average Bonchev–Trinajstić information content (AvgIpc) is 2.91. The number of carbonyl (C=O) groups is 1. The van der Waals surface area contributed by atoms with Gasteiger partial charge in [0.25, 0.3) is 0 Å². The van der Waals surface area contributed by atoms with Crippen molar-refractivity contribution in [2.45, 2.75) is 0 Å². The molecule has 0 spiro atoms. The Labute approximate surface area is 102 Å². The zero-order chi connectivity index (χ0) is 12.7. The van der Waals surface area contributed by atoms with Crippen LogP contribution >= 0.6 is 0 Å². The third-order valence-electron chi connectivity index (χ3n) is 2.72. The van der Waals surface area contributed by atoms with Crippen LogP contribution in [0.25, 0.3) is 22.4 Å². The van der Waals surface area contributed by atoms with Crippen LogP contribution in [0.4, 0.5) is 0 Å². The molecular formula is C13H10N2O3. The lowest BCUT2D eigenvalue weighted by atomic mass is 10.2. The van der Waals surface area contributed by atoms with E-state index < -0.39 is 5.97 Å². The minimum atomic E-state index is -1.02. The number of carboxylic acids is 1. The van der Waals surface area contributed by atoms with Crippen molar-refractivity contribution < 1.29 is 14.3 Å². The van der Waals surface area contributed by atoms with E-state index in [0.717, 1.165) is 11.0 Å². The fraction of sp³-hybridized carbons (Fsp3) is 0.0769. The van der Waals surface area contributed by atoms with Crippen molar-refractivity contribution in [1.29, 1.82) is 0 Å². The summed E-state index contributed by atoms with van der Waals surface area (Å²) in [7, 11) is 1.68. The number of rotatable bonds is 2. The SMILES string of the molecule is Cn1cc(C(=O)O)c(-c2cc3ccccc3o2)n1. The number of hydrogen-bond donors (Lipinski definition) is 1. The molecule has 3 aromatic rings. The summed E-state index contributed by atoms with van der Waals surface area (Å²) in [5, 5.41) is 14.2. The molecule has 3 rings (SSSR count). The Morgan fingerprint density at radius 2 is 2.17 bits per heavy atom. The molecule has 0 aliphatic rings. The highest BCUT2D eigenvalue weighted by atomic mass is 16.4.